The van der Waals surface area contributed by atoms with Gasteiger partial charge in [0.1, 0.15) is 0 Å². The van der Waals surface area contributed by atoms with E-state index in [1.54, 1.807) is 0 Å². The van der Waals surface area contributed by atoms with Crippen molar-refractivity contribution in [2.45, 2.75) is 24.0 Å². The monoisotopic (exact) mass is 361 g/mol. The Kier molecular flexibility index (Phi) is 5.99. The molecule has 9 heteroatoms. The van der Waals surface area contributed by atoms with Crippen molar-refractivity contribution in [1.29, 1.82) is 0 Å². The van der Waals surface area contributed by atoms with Crippen molar-refractivity contribution in [1.82, 2.24) is 15.4 Å². The largest absolute Gasteiger partial charge is 0.391 e. The second-order valence-corrected chi connectivity index (χ2v) is 7.68. The van der Waals surface area contributed by atoms with E-state index in [4.69, 9.17) is 11.6 Å². The van der Waals surface area contributed by atoms with Crippen LogP contribution in [0.4, 0.5) is 0 Å². The van der Waals surface area contributed by atoms with E-state index in [-0.39, 0.29) is 10.8 Å². The Morgan fingerprint density at radius 2 is 2.04 bits per heavy atom. The first kappa shape index (κ1) is 18.2. The van der Waals surface area contributed by atoms with Gasteiger partial charge in [0.05, 0.1) is 17.0 Å². The van der Waals surface area contributed by atoms with Crippen LogP contribution in [0.15, 0.2) is 29.2 Å². The molecule has 0 spiro atoms. The summed E-state index contributed by atoms with van der Waals surface area (Å²) in [7, 11) is -3.80. The van der Waals surface area contributed by atoms with Crippen LogP contribution in [0.1, 0.15) is 6.92 Å². The van der Waals surface area contributed by atoms with Crippen molar-refractivity contribution in [2.24, 2.45) is 5.92 Å². The first-order valence-electron chi connectivity index (χ1n) is 7.24. The number of aliphatic hydroxyl groups is 1. The number of carbonyl (C=O) groups excluding carboxylic acids is 1. The lowest BCUT2D eigenvalue weighted by atomic mass is 10.1. The predicted octanol–water partition coefficient (Wildman–Crippen LogP) is -0.297. The summed E-state index contributed by atoms with van der Waals surface area (Å²) >= 11 is 5.73. The molecule has 1 aliphatic heterocycles. The minimum absolute atomic E-state index is 0.0389. The molecule has 1 fully saturated rings. The number of β-amino-alcohol motifs (C(OH)–C–C–N with tert-alkyl or cyclic N) is 1. The summed E-state index contributed by atoms with van der Waals surface area (Å²) in [6, 6.07) is 4.75. The third-order valence-corrected chi connectivity index (χ3v) is 5.50. The second-order valence-electron chi connectivity index (χ2n) is 5.53. The molecule has 0 radical (unpaired) electrons. The number of hydrogen-bond donors (Lipinski definition) is 4. The fourth-order valence-electron chi connectivity index (χ4n) is 2.28. The highest BCUT2D eigenvalue weighted by atomic mass is 35.5. The number of benzene rings is 1. The maximum atomic E-state index is 12.2. The Bertz CT molecular complexity index is 650. The predicted molar refractivity (Wildman–Crippen MR) is 86.6 cm³/mol. The van der Waals surface area contributed by atoms with Gasteiger partial charge in [-0.25, -0.2) is 8.42 Å². The molecule has 1 heterocycles. The molecular weight excluding hydrogens is 342 g/mol. The molecule has 1 aliphatic rings. The zero-order valence-electron chi connectivity index (χ0n) is 12.6. The van der Waals surface area contributed by atoms with Crippen LogP contribution in [0.5, 0.6) is 0 Å². The highest BCUT2D eigenvalue weighted by Crippen LogP contribution is 2.14. The summed E-state index contributed by atoms with van der Waals surface area (Å²) < 4.78 is 26.7. The summed E-state index contributed by atoms with van der Waals surface area (Å²) in [6.07, 6.45) is -0.503. The maximum absolute atomic E-state index is 12.2. The van der Waals surface area contributed by atoms with E-state index < -0.39 is 28.1 Å². The number of aliphatic hydroxyl groups excluding tert-OH is 1. The zero-order chi connectivity index (χ0) is 17.0. The second kappa shape index (κ2) is 7.59. The summed E-state index contributed by atoms with van der Waals surface area (Å²) in [4.78, 5) is 12.0. The number of rotatable bonds is 6. The average molecular weight is 362 g/mol. The van der Waals surface area contributed by atoms with E-state index in [0.29, 0.717) is 24.7 Å². The molecule has 0 aromatic heterocycles. The summed E-state index contributed by atoms with van der Waals surface area (Å²) in [5.41, 5.74) is 0. The molecule has 0 bridgehead atoms. The van der Waals surface area contributed by atoms with Crippen molar-refractivity contribution in [3.63, 3.8) is 0 Å². The minimum Gasteiger partial charge on any atom is -0.391 e. The molecule has 7 nitrogen and oxygen atoms in total. The number of hydrogen-bond acceptors (Lipinski definition) is 5. The van der Waals surface area contributed by atoms with Crippen LogP contribution in [0.3, 0.4) is 0 Å². The van der Waals surface area contributed by atoms with E-state index in [0.717, 1.165) is 0 Å². The summed E-state index contributed by atoms with van der Waals surface area (Å²) in [6.45, 7) is 2.87. The Balaban J connectivity index is 1.90. The van der Waals surface area contributed by atoms with Crippen molar-refractivity contribution < 1.29 is 18.3 Å². The molecular formula is C14H20ClN3O4S. The van der Waals surface area contributed by atoms with E-state index in [1.807, 2.05) is 0 Å². The number of sulfonamides is 1. The number of carbonyl (C=O) groups is 1. The standard InChI is InChI=1S/C14H20ClN3O4S/c1-9(14(20)17-7-10-6-16-8-13(10)19)18-23(21,22)12-4-2-11(15)3-5-12/h2-5,9-10,13,16,18-19H,6-8H2,1H3,(H,17,20). The van der Waals surface area contributed by atoms with Crippen LogP contribution in [0.2, 0.25) is 5.02 Å². The summed E-state index contributed by atoms with van der Waals surface area (Å²) in [5.74, 6) is -0.513. The van der Waals surface area contributed by atoms with Gasteiger partial charge in [-0.1, -0.05) is 11.6 Å². The van der Waals surface area contributed by atoms with Crippen molar-refractivity contribution in [2.75, 3.05) is 19.6 Å². The van der Waals surface area contributed by atoms with Crippen molar-refractivity contribution >= 4 is 27.5 Å². The number of nitrogens with one attached hydrogen (secondary N) is 3. The minimum atomic E-state index is -3.80. The third kappa shape index (κ3) is 4.89. The van der Waals surface area contributed by atoms with Gasteiger partial charge in [0.2, 0.25) is 15.9 Å². The smallest absolute Gasteiger partial charge is 0.241 e. The van der Waals surface area contributed by atoms with Gasteiger partial charge < -0.3 is 15.7 Å². The van der Waals surface area contributed by atoms with Crippen LogP contribution in [0, 0.1) is 5.92 Å². The van der Waals surface area contributed by atoms with Gasteiger partial charge in [-0.15, -0.1) is 0 Å². The Labute approximate surface area is 140 Å². The fraction of sp³-hybridized carbons (Fsp3) is 0.500. The highest BCUT2D eigenvalue weighted by Gasteiger charge is 2.27. The Hall–Kier alpha value is -1.19. The molecule has 1 aromatic carbocycles. The molecule has 1 aromatic rings. The van der Waals surface area contributed by atoms with Crippen LogP contribution >= 0.6 is 11.6 Å². The van der Waals surface area contributed by atoms with E-state index in [9.17, 15) is 18.3 Å². The molecule has 3 unspecified atom stereocenters. The van der Waals surface area contributed by atoms with Gasteiger partial charge in [-0.2, -0.15) is 4.72 Å². The Morgan fingerprint density at radius 3 is 2.61 bits per heavy atom. The zero-order valence-corrected chi connectivity index (χ0v) is 14.2. The molecule has 0 saturated carbocycles. The van der Waals surface area contributed by atoms with Gasteiger partial charge in [0.15, 0.2) is 0 Å². The maximum Gasteiger partial charge on any atom is 0.241 e. The van der Waals surface area contributed by atoms with Gasteiger partial charge in [0.25, 0.3) is 0 Å². The highest BCUT2D eigenvalue weighted by molar-refractivity contribution is 7.89. The van der Waals surface area contributed by atoms with Gasteiger partial charge in [0, 0.05) is 30.6 Å². The first-order chi connectivity index (χ1) is 10.8. The van der Waals surface area contributed by atoms with Gasteiger partial charge >= 0.3 is 0 Å². The first-order valence-corrected chi connectivity index (χ1v) is 9.10. The third-order valence-electron chi connectivity index (χ3n) is 3.69. The average Bonchev–Trinajstić information content (AvgIpc) is 2.90. The van der Waals surface area contributed by atoms with E-state index >= 15 is 0 Å². The SMILES string of the molecule is CC(NS(=O)(=O)c1ccc(Cl)cc1)C(=O)NCC1CNCC1O. The fourth-order valence-corrected chi connectivity index (χ4v) is 3.61. The van der Waals surface area contributed by atoms with Crippen molar-refractivity contribution in [3.05, 3.63) is 29.3 Å². The molecule has 3 atom stereocenters. The van der Waals surface area contributed by atoms with Gasteiger partial charge in [-0.3, -0.25) is 4.79 Å². The topological polar surface area (TPSA) is 108 Å². The van der Waals surface area contributed by atoms with Crippen molar-refractivity contribution in [3.8, 4) is 0 Å². The van der Waals surface area contributed by atoms with Crippen LogP contribution < -0.4 is 15.4 Å². The molecule has 1 saturated heterocycles. The van der Waals surface area contributed by atoms with Crippen LogP contribution in [0.25, 0.3) is 0 Å². The quantitative estimate of drug-likeness (QED) is 0.556. The molecule has 2 rings (SSSR count). The molecule has 128 valence electrons. The van der Waals surface area contributed by atoms with Crippen LogP contribution in [-0.4, -0.2) is 51.2 Å². The van der Waals surface area contributed by atoms with E-state index in [2.05, 4.69) is 15.4 Å². The van der Waals surface area contributed by atoms with Crippen LogP contribution in [-0.2, 0) is 14.8 Å². The molecule has 23 heavy (non-hydrogen) atoms. The number of halogens is 1. The van der Waals surface area contributed by atoms with E-state index in [1.165, 1.54) is 31.2 Å². The van der Waals surface area contributed by atoms with Gasteiger partial charge in [-0.05, 0) is 31.2 Å². The number of amides is 1. The molecule has 4 N–H and O–H groups in total. The lowest BCUT2D eigenvalue weighted by molar-refractivity contribution is -0.122. The lowest BCUT2D eigenvalue weighted by Gasteiger charge is -2.18. The summed E-state index contributed by atoms with van der Waals surface area (Å²) in [5, 5.41) is 15.8. The molecule has 1 amide bonds. The Morgan fingerprint density at radius 1 is 1.39 bits per heavy atom. The lowest BCUT2D eigenvalue weighted by Crippen LogP contribution is -2.46. The molecule has 0 aliphatic carbocycles. The normalized spacial score (nSPS) is 22.7.